The number of para-hydroxylation sites is 1. The predicted octanol–water partition coefficient (Wildman–Crippen LogP) is -2.60. The molecule has 2 aliphatic heterocycles. The summed E-state index contributed by atoms with van der Waals surface area (Å²) in [4.78, 5) is 13.1. The molecule has 0 spiro atoms. The number of hydrogen-bond acceptors (Lipinski definition) is 14. The van der Waals surface area contributed by atoms with Crippen LogP contribution in [0.15, 0.2) is 48.5 Å². The van der Waals surface area contributed by atoms with Crippen LogP contribution in [0, 0.1) is 0 Å². The van der Waals surface area contributed by atoms with E-state index >= 15 is 0 Å². The average molecular weight is 569 g/mol. The minimum absolute atomic E-state index is 0.114. The molecule has 220 valence electrons. The smallest absolute Gasteiger partial charge is 0.342 e. The molecule has 2 saturated heterocycles. The van der Waals surface area contributed by atoms with Gasteiger partial charge in [-0.2, -0.15) is 0 Å². The molecule has 4 rings (SSSR count). The lowest BCUT2D eigenvalue weighted by molar-refractivity contribution is -0.282. The second kappa shape index (κ2) is 13.2. The standard InChI is InChI=1S/C26H32O14/c27-9-15-17(29)19(31)21(33)25(38-15)37-14-8-4-7-13(24(35)36-11-12-5-2-1-3-6-12)23(14)40-26-22(34)20(32)18(30)16(10-28)39-26/h1-8,15-22,25-34H,9-11H2/t15-,16-,17-,18-,19+,20+,21-,22-,25-,26+/m1/s1. The molecule has 2 heterocycles. The molecule has 0 unspecified atom stereocenters. The second-order valence-corrected chi connectivity index (χ2v) is 9.32. The largest absolute Gasteiger partial charge is 0.458 e. The van der Waals surface area contributed by atoms with E-state index in [0.717, 1.165) is 0 Å². The number of benzene rings is 2. The van der Waals surface area contributed by atoms with E-state index in [4.69, 9.17) is 23.7 Å². The molecular formula is C26H32O14. The zero-order chi connectivity index (χ0) is 29.0. The van der Waals surface area contributed by atoms with Gasteiger partial charge in [0.15, 0.2) is 11.5 Å². The quantitative estimate of drug-likeness (QED) is 0.145. The highest BCUT2D eigenvalue weighted by Gasteiger charge is 2.47. The molecule has 2 aromatic carbocycles. The summed E-state index contributed by atoms with van der Waals surface area (Å²) < 4.78 is 27.6. The van der Waals surface area contributed by atoms with Crippen LogP contribution in [0.5, 0.6) is 11.5 Å². The first-order chi connectivity index (χ1) is 19.2. The number of aliphatic hydroxyl groups is 8. The molecule has 0 saturated carbocycles. The lowest BCUT2D eigenvalue weighted by atomic mass is 9.99. The van der Waals surface area contributed by atoms with Crippen LogP contribution in [0.3, 0.4) is 0 Å². The summed E-state index contributed by atoms with van der Waals surface area (Å²) in [5, 5.41) is 80.4. The first-order valence-corrected chi connectivity index (χ1v) is 12.4. The Kier molecular flexibility index (Phi) is 9.91. The molecule has 2 fully saturated rings. The maximum Gasteiger partial charge on any atom is 0.342 e. The molecule has 14 heteroatoms. The average Bonchev–Trinajstić information content (AvgIpc) is 2.97. The maximum absolute atomic E-state index is 13.1. The minimum atomic E-state index is -1.84. The fraction of sp³-hybridized carbons (Fsp3) is 0.500. The lowest BCUT2D eigenvalue weighted by Gasteiger charge is -2.41. The number of hydrogen-bond donors (Lipinski definition) is 8. The van der Waals surface area contributed by atoms with Crippen molar-refractivity contribution in [2.75, 3.05) is 13.2 Å². The summed E-state index contributed by atoms with van der Waals surface area (Å²) in [6, 6.07) is 12.7. The van der Waals surface area contributed by atoms with Crippen molar-refractivity contribution in [2.45, 2.75) is 68.0 Å². The molecule has 40 heavy (non-hydrogen) atoms. The lowest BCUT2D eigenvalue weighted by Crippen LogP contribution is -2.60. The molecule has 0 amide bonds. The van der Waals surface area contributed by atoms with Gasteiger partial charge in [-0.15, -0.1) is 0 Å². The zero-order valence-electron chi connectivity index (χ0n) is 21.0. The molecule has 2 aromatic rings. The van der Waals surface area contributed by atoms with Gasteiger partial charge < -0.3 is 64.5 Å². The maximum atomic E-state index is 13.1. The minimum Gasteiger partial charge on any atom is -0.458 e. The third-order valence-corrected chi connectivity index (χ3v) is 6.59. The van der Waals surface area contributed by atoms with Crippen molar-refractivity contribution >= 4 is 5.97 Å². The van der Waals surface area contributed by atoms with E-state index in [1.807, 2.05) is 0 Å². The molecule has 8 N–H and O–H groups in total. The van der Waals surface area contributed by atoms with Crippen LogP contribution in [-0.2, 0) is 20.8 Å². The van der Waals surface area contributed by atoms with Gasteiger partial charge in [-0.05, 0) is 17.7 Å². The topological polar surface area (TPSA) is 225 Å². The van der Waals surface area contributed by atoms with Gasteiger partial charge in [-0.25, -0.2) is 4.79 Å². The number of carbonyl (C=O) groups is 1. The van der Waals surface area contributed by atoms with Crippen LogP contribution in [0.4, 0.5) is 0 Å². The Hall–Kier alpha value is -2.89. The summed E-state index contributed by atoms with van der Waals surface area (Å²) >= 11 is 0. The van der Waals surface area contributed by atoms with E-state index in [-0.39, 0.29) is 17.9 Å². The van der Waals surface area contributed by atoms with Crippen molar-refractivity contribution in [1.82, 2.24) is 0 Å². The molecule has 14 nitrogen and oxygen atoms in total. The SMILES string of the molecule is O=C(OCc1ccccc1)c1cccc(O[C@@H]2O[C@H](CO)[C@@H](O)[C@H](O)[C@H]2O)c1O[C@@H]1O[C@H](CO)[C@@H](O)[C@H](O)[C@H]1O. The second-order valence-electron chi connectivity index (χ2n) is 9.32. The Labute approximate surface area is 228 Å². The number of esters is 1. The number of ether oxygens (including phenoxy) is 5. The van der Waals surface area contributed by atoms with Gasteiger partial charge >= 0.3 is 5.97 Å². The molecule has 0 aromatic heterocycles. The van der Waals surface area contributed by atoms with Gasteiger partial charge in [0.25, 0.3) is 0 Å². The Morgan fingerprint density at radius 2 is 1.23 bits per heavy atom. The third-order valence-electron chi connectivity index (χ3n) is 6.59. The highest BCUT2D eigenvalue weighted by atomic mass is 16.7. The highest BCUT2D eigenvalue weighted by molar-refractivity contribution is 5.93. The molecular weight excluding hydrogens is 536 g/mol. The molecule has 0 aliphatic carbocycles. The van der Waals surface area contributed by atoms with E-state index in [1.165, 1.54) is 18.2 Å². The zero-order valence-corrected chi connectivity index (χ0v) is 21.0. The summed E-state index contributed by atoms with van der Waals surface area (Å²) in [5.41, 5.74) is 0.441. The van der Waals surface area contributed by atoms with Crippen LogP contribution in [0.25, 0.3) is 0 Å². The Morgan fingerprint density at radius 1 is 0.675 bits per heavy atom. The van der Waals surface area contributed by atoms with Crippen LogP contribution in [-0.4, -0.2) is 121 Å². The van der Waals surface area contributed by atoms with Crippen LogP contribution < -0.4 is 9.47 Å². The molecule has 0 radical (unpaired) electrons. The summed E-state index contributed by atoms with van der Waals surface area (Å²) in [6.07, 6.45) is -16.5. The van der Waals surface area contributed by atoms with E-state index < -0.39 is 86.3 Å². The van der Waals surface area contributed by atoms with E-state index in [9.17, 15) is 45.6 Å². The first kappa shape index (κ1) is 30.1. The molecule has 0 bridgehead atoms. The number of aliphatic hydroxyl groups excluding tert-OH is 8. The van der Waals surface area contributed by atoms with Crippen LogP contribution >= 0.6 is 0 Å². The van der Waals surface area contributed by atoms with Crippen LogP contribution in [0.2, 0.25) is 0 Å². The van der Waals surface area contributed by atoms with Crippen molar-refractivity contribution in [1.29, 1.82) is 0 Å². The van der Waals surface area contributed by atoms with Crippen molar-refractivity contribution in [3.8, 4) is 11.5 Å². The first-order valence-electron chi connectivity index (χ1n) is 12.4. The van der Waals surface area contributed by atoms with Crippen molar-refractivity contribution < 1.29 is 69.3 Å². The van der Waals surface area contributed by atoms with Gasteiger partial charge in [-0.3, -0.25) is 0 Å². The Morgan fingerprint density at radius 3 is 1.77 bits per heavy atom. The van der Waals surface area contributed by atoms with E-state index in [2.05, 4.69) is 0 Å². The number of carbonyl (C=O) groups excluding carboxylic acids is 1. The third kappa shape index (κ3) is 6.37. The van der Waals surface area contributed by atoms with Gasteiger partial charge in [0, 0.05) is 0 Å². The van der Waals surface area contributed by atoms with Crippen molar-refractivity contribution in [3.63, 3.8) is 0 Å². The number of rotatable bonds is 9. The molecule has 2 aliphatic rings. The van der Waals surface area contributed by atoms with Gasteiger partial charge in [0.05, 0.1) is 13.2 Å². The summed E-state index contributed by atoms with van der Waals surface area (Å²) in [6.45, 7) is -1.57. The van der Waals surface area contributed by atoms with Crippen LogP contribution in [0.1, 0.15) is 15.9 Å². The van der Waals surface area contributed by atoms with Gasteiger partial charge in [0.1, 0.15) is 61.0 Å². The fourth-order valence-corrected chi connectivity index (χ4v) is 4.26. The van der Waals surface area contributed by atoms with Crippen molar-refractivity contribution in [3.05, 3.63) is 59.7 Å². The normalized spacial score (nSPS) is 34.2. The van der Waals surface area contributed by atoms with Gasteiger partial charge in [0.2, 0.25) is 12.6 Å². The summed E-state index contributed by atoms with van der Waals surface area (Å²) in [7, 11) is 0. The van der Waals surface area contributed by atoms with Crippen molar-refractivity contribution in [2.24, 2.45) is 0 Å². The summed E-state index contributed by atoms with van der Waals surface area (Å²) in [5.74, 6) is -1.58. The monoisotopic (exact) mass is 568 g/mol. The van der Waals surface area contributed by atoms with E-state index in [0.29, 0.717) is 5.56 Å². The molecule has 10 atom stereocenters. The Bertz CT molecular complexity index is 1110. The fourth-order valence-electron chi connectivity index (χ4n) is 4.26. The highest BCUT2D eigenvalue weighted by Crippen LogP contribution is 2.37. The van der Waals surface area contributed by atoms with E-state index in [1.54, 1.807) is 30.3 Å². The predicted molar refractivity (Wildman–Crippen MR) is 131 cm³/mol. The Balaban J connectivity index is 1.65. The van der Waals surface area contributed by atoms with Gasteiger partial charge in [-0.1, -0.05) is 36.4 Å².